The fourth-order valence-electron chi connectivity index (χ4n) is 11.1. The molecule has 0 aliphatic carbocycles. The molecule has 0 saturated heterocycles. The molecule has 9 heteroatoms. The van der Waals surface area contributed by atoms with Gasteiger partial charge in [0.05, 0.1) is 22.4 Å². The molecule has 0 unspecified atom stereocenters. The van der Waals surface area contributed by atoms with Crippen LogP contribution in [-0.4, -0.2) is 16.2 Å². The van der Waals surface area contributed by atoms with Gasteiger partial charge < -0.3 is 48.0 Å². The summed E-state index contributed by atoms with van der Waals surface area (Å²) in [4.78, 5) is 15.8. The zero-order valence-electron chi connectivity index (χ0n) is 65.8. The highest BCUT2D eigenvalue weighted by atomic mass is 127. The van der Waals surface area contributed by atoms with Crippen molar-refractivity contribution in [3.05, 3.63) is 229 Å². The topological polar surface area (TPSA) is 34.3 Å². The molecule has 2 aromatic heterocycles. The average molecular weight is 1930 g/mol. The van der Waals surface area contributed by atoms with Gasteiger partial charge in [-0.05, 0) is 175 Å². The number of allylic oxidation sites excluding steroid dienone is 8. The first-order valence-electron chi connectivity index (χ1n) is 36.0. The Bertz CT molecular complexity index is 6760. The smallest absolute Gasteiger partial charge is 0.243 e. The number of carbonyl (C=O) groups excluding carboxylic acids is 1. The summed E-state index contributed by atoms with van der Waals surface area (Å²) in [6.07, 6.45) is 37.1. The number of aryl methyl sites for hydroxylation is 3. The van der Waals surface area contributed by atoms with E-state index < -0.39 is 0 Å². The van der Waals surface area contributed by atoms with Crippen LogP contribution in [0.3, 0.4) is 0 Å². The van der Waals surface area contributed by atoms with Crippen molar-refractivity contribution in [2.24, 2.45) is 0 Å². The molecular weight excluding hydrogens is 1760 g/mol. The van der Waals surface area contributed by atoms with Crippen LogP contribution in [0.15, 0.2) is 206 Å². The number of aromatic nitrogens is 2. The van der Waals surface area contributed by atoms with Gasteiger partial charge in [-0.3, -0.25) is 14.6 Å². The van der Waals surface area contributed by atoms with Crippen molar-refractivity contribution in [1.29, 1.82) is 0 Å². The summed E-state index contributed by atoms with van der Waals surface area (Å²) in [5.74, 6) is 102. The zero-order chi connectivity index (χ0) is 81.0. The highest BCUT2D eigenvalue weighted by Crippen LogP contribution is 2.47. The molecule has 2 aliphatic heterocycles. The number of hydrogen-bond donors (Lipinski definition) is 0. The molecule has 0 N–H and O–H groups in total. The van der Waals surface area contributed by atoms with Crippen LogP contribution in [-0.2, 0) is 28.7 Å². The van der Waals surface area contributed by atoms with Crippen LogP contribution in [0.2, 0.25) is 0 Å². The van der Waals surface area contributed by atoms with E-state index >= 15 is 0 Å². The lowest BCUT2D eigenvalue weighted by atomic mass is 9.81. The van der Waals surface area contributed by atoms with Crippen molar-refractivity contribution in [2.45, 2.75) is 105 Å². The Morgan fingerprint density at radius 3 is 1.35 bits per heavy atom. The van der Waals surface area contributed by atoms with Gasteiger partial charge in [-0.1, -0.05) is 150 Å². The minimum atomic E-state index is -0.308. The summed E-state index contributed by atoms with van der Waals surface area (Å²) in [6.45, 7) is 19.0. The van der Waals surface area contributed by atoms with Crippen LogP contribution in [0.25, 0.3) is 27.9 Å². The van der Waals surface area contributed by atoms with Crippen LogP contribution in [0, 0.1) is 269 Å². The summed E-state index contributed by atoms with van der Waals surface area (Å²) in [5.41, 5.74) is 11.8. The fourth-order valence-corrected chi connectivity index (χ4v) is 11.1. The highest BCUT2D eigenvalue weighted by molar-refractivity contribution is 14.0. The Labute approximate surface area is 810 Å². The molecule has 2 aliphatic rings. The Hall–Kier alpha value is -14.9. The Kier molecular flexibility index (Phi) is 44.1. The van der Waals surface area contributed by atoms with Crippen molar-refractivity contribution in [1.82, 2.24) is 0 Å². The van der Waals surface area contributed by atoms with Crippen molar-refractivity contribution >= 4 is 80.5 Å². The molecule has 1 amide bonds. The van der Waals surface area contributed by atoms with Gasteiger partial charge in [-0.25, -0.2) is 0 Å². The number of anilines is 2. The number of terminal acetylenes is 2. The Morgan fingerprint density at radius 1 is 0.444 bits per heavy atom. The third kappa shape index (κ3) is 31.3. The maximum atomic E-state index is 12.2. The van der Waals surface area contributed by atoms with Gasteiger partial charge in [-0.15, -0.1) is 41.4 Å². The number of halogens is 3. The van der Waals surface area contributed by atoms with Crippen molar-refractivity contribution in [3.8, 4) is 262 Å². The largest absolute Gasteiger partial charge is 1.00 e. The molecule has 4 heterocycles. The minimum Gasteiger partial charge on any atom is -1.00 e. The Morgan fingerprint density at radius 2 is 0.855 bits per heavy atom. The third-order valence-corrected chi connectivity index (χ3v) is 16.5. The molecule has 0 bridgehead atoms. The van der Waals surface area contributed by atoms with E-state index in [4.69, 9.17) is 12.8 Å². The van der Waals surface area contributed by atoms with Crippen molar-refractivity contribution < 1.29 is 129 Å². The summed E-state index contributed by atoms with van der Waals surface area (Å²) in [5, 5.41) is 2.61. The molecule has 0 spiro atoms. The second-order valence-electron chi connectivity index (χ2n) is 24.7. The first kappa shape index (κ1) is 94.4. The number of unbranched alkanes of at least 4 members (excludes halogenated alkanes) is 2. The summed E-state index contributed by atoms with van der Waals surface area (Å²) < 4.78 is 6.62. The molecule has 0 fully saturated rings. The monoisotopic (exact) mass is 1920 g/mol. The molecule has 6 nitrogen and oxygen atoms in total. The predicted molar refractivity (Wildman–Crippen MR) is 575 cm³/mol. The summed E-state index contributed by atoms with van der Waals surface area (Å²) >= 11 is 0. The number of carbonyl (C=O) groups is 1. The number of para-hydroxylation sites is 5. The van der Waals surface area contributed by atoms with Crippen LogP contribution < -0.4 is 66.9 Å². The van der Waals surface area contributed by atoms with E-state index in [1.807, 2.05) is 82.3 Å². The van der Waals surface area contributed by atoms with Gasteiger partial charge in [-0.2, -0.15) is 9.13 Å². The van der Waals surface area contributed by atoms with E-state index in [9.17, 15) is 4.79 Å². The van der Waals surface area contributed by atoms with Crippen LogP contribution >= 0.6 is 24.0 Å². The minimum absolute atomic E-state index is 0. The molecule has 644 valence electrons. The molecule has 5 aromatic carbocycles. The number of pyridine rings is 2. The summed E-state index contributed by atoms with van der Waals surface area (Å²) in [7, 11) is 0. The second-order valence-corrected chi connectivity index (χ2v) is 24.7. The number of hydrogen-bond acceptors (Lipinski definition) is 2. The van der Waals surface area contributed by atoms with Gasteiger partial charge >= 0.3 is 0 Å². The average Bonchev–Trinajstić information content (AvgIpc) is 1.60. The Balaban J connectivity index is -0.0000000321. The second kappa shape index (κ2) is 54.7. The normalized spacial score (nSPS) is 10.7. The van der Waals surface area contributed by atoms with E-state index in [2.05, 4.69) is 434 Å². The zero-order valence-corrected chi connectivity index (χ0v) is 72.5. The van der Waals surface area contributed by atoms with Crippen LogP contribution in [0.5, 0.6) is 0 Å². The standard InChI is InChI=1S/C50H31N2.C44H23N2O.C14H18N.3HI.44H2/c1-5-7-9-10-11-12-13-14-15-16-17-18-19-20-21-22-23-24-25-33-42-52-48-38-32-30-36-46(48)50(3,4)49(52)39-28-26-27-34-44-40-43-51(41-8-6-2)47-37-31-29-35-45(44)47;1-5-6-7-8-9-10-11-12-13-14-15-16-17-18-19-20-21-22-23-30-38-46-42-35-28-27-34-41(42)44(3,4)43(46)36-29-31-37-45(39(2)47)40-32-25-24-26-33-40;1-3-4-10-15-11-9-12(2)13-7-5-6-8-14(13)15;;;;;;;;;;;;;;;;;;;;;;;;;;;;;;;;;;;;;;;;;;;;;;;/h1,26-32,34-40,43H,6,8,41H2,2-4H3;1,24-29,31-37H,2-4H3;5-9,11H,3-4,10H2,1-2H3;47*1H/q3*+1;;;;;;;;;;;;;;;;;;;;;;;;;;;;;;;;;;;;;;;;;;;;;;;/p-2. The lowest BCUT2D eigenvalue weighted by Gasteiger charge is -2.22. The molecule has 9 rings (SSSR count). The van der Waals surface area contributed by atoms with E-state index in [0.29, 0.717) is 0 Å². The van der Waals surface area contributed by atoms with Gasteiger partial charge in [0.1, 0.15) is 13.1 Å². The van der Waals surface area contributed by atoms with Gasteiger partial charge in [0.15, 0.2) is 12.4 Å². The lowest BCUT2D eigenvalue weighted by molar-refractivity contribution is -0.672. The van der Waals surface area contributed by atoms with E-state index in [1.54, 1.807) is 11.1 Å². The molecule has 0 saturated carbocycles. The SMILES string of the molecule is C#CC#CC#CC#CC#CC#CC#CC#CC#CC#CC#CN1C(=CC=CC=Cc2cc[n+](CCCC)c3ccccc23)C(C)(C)c2ccccc21.C#CC#CC#CC#CC#CC#CC#CC#CC#CC#CC#C[N+]1=C(/C=C/C=C/N(C(C)=O)c2ccccc2)C(C)(C)c2ccccc21.CCCC[n+]1ccc(C)c2ccccc21.I.[HH].[HH].[HH].[HH].[HH].[HH].[HH].[HH].[HH].[HH].[HH].[HH].[HH].[HH].[HH].[HH].[HH].[HH].[HH].[HH].[HH].[HH].[HH].[HH].[HH].[HH].[HH].[HH].[HH].[HH].[HH].[HH].[HH].[HH].[HH].[HH].[HH].[HH].[HH].[HH].[HH].[HH].[HH].[HH].[I-].[I-]. The molecule has 117 heavy (non-hydrogen) atoms. The molecule has 0 atom stereocenters. The number of nitrogens with zero attached hydrogens (tertiary/aromatic N) is 5. The molecular formula is C108H161I3N5O+. The number of amides is 1. The quantitative estimate of drug-likeness (QED) is 0.0499. The number of benzene rings is 5. The maximum absolute atomic E-state index is 12.2. The molecule has 7 aromatic rings. The van der Waals surface area contributed by atoms with E-state index in [-0.39, 0.29) is 151 Å². The van der Waals surface area contributed by atoms with Crippen LogP contribution in [0.1, 0.15) is 159 Å². The van der Waals surface area contributed by atoms with E-state index in [1.165, 1.54) is 64.7 Å². The van der Waals surface area contributed by atoms with E-state index in [0.717, 1.165) is 53.5 Å². The lowest BCUT2D eigenvalue weighted by Crippen LogP contribution is -3.00. The summed E-state index contributed by atoms with van der Waals surface area (Å²) in [6, 6.07) is 53.9. The fraction of sp³-hybridized carbons (Fsp3) is 0.148. The molecule has 0 radical (unpaired) electrons. The first-order chi connectivity index (χ1) is 55.9. The van der Waals surface area contributed by atoms with Gasteiger partial charge in [0.25, 0.3) is 0 Å². The van der Waals surface area contributed by atoms with Crippen molar-refractivity contribution in [3.63, 3.8) is 0 Å². The third-order valence-electron chi connectivity index (χ3n) is 16.5. The number of rotatable bonds is 13. The van der Waals surface area contributed by atoms with Crippen molar-refractivity contribution in [2.75, 3.05) is 9.80 Å². The highest BCUT2D eigenvalue weighted by Gasteiger charge is 2.44. The predicted octanol–water partition coefficient (Wildman–Crippen LogP) is 20.3. The van der Waals surface area contributed by atoms with Gasteiger partial charge in [0.2, 0.25) is 34.4 Å². The maximum Gasteiger partial charge on any atom is 0.243 e. The van der Waals surface area contributed by atoms with Crippen LogP contribution in [0.4, 0.5) is 17.1 Å². The number of fused-ring (bicyclic) bond motifs is 4. The van der Waals surface area contributed by atoms with Gasteiger partial charge in [0, 0.05) is 295 Å². The first-order valence-corrected chi connectivity index (χ1v) is 36.0.